The first-order valence-corrected chi connectivity index (χ1v) is 8.47. The Bertz CT molecular complexity index is 404. The molecule has 1 unspecified atom stereocenters. The van der Waals surface area contributed by atoms with Gasteiger partial charge in [0.2, 0.25) is 0 Å². The van der Waals surface area contributed by atoms with E-state index in [-0.39, 0.29) is 18.8 Å². The predicted octanol–water partition coefficient (Wildman–Crippen LogP) is 1.91. The minimum Gasteiger partial charge on any atom is -0.393 e. The maximum absolute atomic E-state index is 10.9. The van der Waals surface area contributed by atoms with Crippen molar-refractivity contribution in [2.45, 2.75) is 87.7 Å². The van der Waals surface area contributed by atoms with Gasteiger partial charge in [0.15, 0.2) is 5.79 Å². The van der Waals surface area contributed by atoms with Gasteiger partial charge in [-0.2, -0.15) is 0 Å². The highest BCUT2D eigenvalue weighted by Gasteiger charge is 2.60. The van der Waals surface area contributed by atoms with Crippen molar-refractivity contribution < 1.29 is 24.4 Å². The fourth-order valence-electron chi connectivity index (χ4n) is 4.04. The average molecular weight is 312 g/mol. The lowest BCUT2D eigenvalue weighted by atomic mass is 9.84. The van der Waals surface area contributed by atoms with Crippen molar-refractivity contribution in [1.29, 1.82) is 0 Å². The molecule has 126 valence electrons. The molecule has 2 aliphatic heterocycles. The molecule has 0 aromatic heterocycles. The van der Waals surface area contributed by atoms with E-state index in [0.29, 0.717) is 12.8 Å². The van der Waals surface area contributed by atoms with Crippen LogP contribution in [0.4, 0.5) is 0 Å². The number of aliphatic hydroxyl groups is 2. The third-order valence-electron chi connectivity index (χ3n) is 5.12. The van der Waals surface area contributed by atoms with Crippen LogP contribution in [0.5, 0.6) is 0 Å². The van der Waals surface area contributed by atoms with E-state index in [1.54, 1.807) is 13.0 Å². The van der Waals surface area contributed by atoms with Crippen molar-refractivity contribution in [3.8, 4) is 0 Å². The molecule has 0 aromatic carbocycles. The molecule has 0 radical (unpaired) electrons. The first-order chi connectivity index (χ1) is 10.5. The SMILES string of the molecule is C=CC[C@@]1(O)CO[C@@H](CC(C)O)[C@@H]2OC3(CCCCC3)O[C@@H]21. The highest BCUT2D eigenvalue weighted by Crippen LogP contribution is 2.47. The van der Waals surface area contributed by atoms with Gasteiger partial charge in [-0.25, -0.2) is 0 Å². The number of fused-ring (bicyclic) bond motifs is 1. The fraction of sp³-hybridized carbons (Fsp3) is 0.882. The zero-order valence-corrected chi connectivity index (χ0v) is 13.4. The molecule has 0 amide bonds. The van der Waals surface area contributed by atoms with Crippen LogP contribution in [-0.2, 0) is 14.2 Å². The molecule has 5 heteroatoms. The van der Waals surface area contributed by atoms with Crippen molar-refractivity contribution >= 4 is 0 Å². The summed E-state index contributed by atoms with van der Waals surface area (Å²) in [6, 6.07) is 0. The van der Waals surface area contributed by atoms with E-state index in [1.807, 2.05) is 0 Å². The van der Waals surface area contributed by atoms with Crippen LogP contribution in [0.2, 0.25) is 0 Å². The molecular weight excluding hydrogens is 284 g/mol. The molecule has 3 rings (SSSR count). The van der Waals surface area contributed by atoms with E-state index < -0.39 is 23.6 Å². The normalized spacial score (nSPS) is 42.0. The molecule has 5 nitrogen and oxygen atoms in total. The number of hydrogen-bond acceptors (Lipinski definition) is 5. The highest BCUT2D eigenvalue weighted by molar-refractivity contribution is 5.07. The summed E-state index contributed by atoms with van der Waals surface area (Å²) in [6.07, 6.45) is 6.25. The molecule has 1 spiro atoms. The van der Waals surface area contributed by atoms with Crippen LogP contribution in [0, 0.1) is 0 Å². The van der Waals surface area contributed by atoms with Crippen LogP contribution in [0.3, 0.4) is 0 Å². The van der Waals surface area contributed by atoms with Gasteiger partial charge in [0, 0.05) is 19.3 Å². The number of rotatable bonds is 4. The highest BCUT2D eigenvalue weighted by atomic mass is 16.8. The monoisotopic (exact) mass is 312 g/mol. The molecule has 22 heavy (non-hydrogen) atoms. The summed E-state index contributed by atoms with van der Waals surface area (Å²) in [7, 11) is 0. The summed E-state index contributed by atoms with van der Waals surface area (Å²) in [5, 5.41) is 20.6. The molecule has 0 aromatic rings. The van der Waals surface area contributed by atoms with Crippen LogP contribution in [0.25, 0.3) is 0 Å². The minimum absolute atomic E-state index is 0.191. The van der Waals surface area contributed by atoms with E-state index in [4.69, 9.17) is 14.2 Å². The Morgan fingerprint density at radius 1 is 1.27 bits per heavy atom. The smallest absolute Gasteiger partial charge is 0.169 e. The van der Waals surface area contributed by atoms with Crippen LogP contribution in [0.15, 0.2) is 12.7 Å². The molecule has 2 N–H and O–H groups in total. The van der Waals surface area contributed by atoms with Gasteiger partial charge < -0.3 is 24.4 Å². The van der Waals surface area contributed by atoms with Crippen LogP contribution < -0.4 is 0 Å². The topological polar surface area (TPSA) is 68.2 Å². The van der Waals surface area contributed by atoms with Gasteiger partial charge in [0.25, 0.3) is 0 Å². The molecular formula is C17H28O5. The second-order valence-corrected chi connectivity index (χ2v) is 7.12. The summed E-state index contributed by atoms with van der Waals surface area (Å²) >= 11 is 0. The Kier molecular flexibility index (Phi) is 4.63. The Morgan fingerprint density at radius 2 is 2.00 bits per heavy atom. The van der Waals surface area contributed by atoms with Crippen molar-refractivity contribution in [3.63, 3.8) is 0 Å². The Labute approximate surface area is 132 Å². The number of aliphatic hydroxyl groups excluding tert-OH is 1. The third-order valence-corrected chi connectivity index (χ3v) is 5.12. The molecule has 2 saturated heterocycles. The van der Waals surface area contributed by atoms with Gasteiger partial charge in [0.05, 0.1) is 18.8 Å². The Hall–Kier alpha value is -0.460. The zero-order valence-electron chi connectivity index (χ0n) is 13.4. The van der Waals surface area contributed by atoms with Gasteiger partial charge in [-0.1, -0.05) is 12.5 Å². The number of ether oxygens (including phenoxy) is 3. The lowest BCUT2D eigenvalue weighted by molar-refractivity contribution is -0.212. The van der Waals surface area contributed by atoms with E-state index in [0.717, 1.165) is 25.7 Å². The summed E-state index contributed by atoms with van der Waals surface area (Å²) in [6.45, 7) is 5.67. The van der Waals surface area contributed by atoms with Gasteiger partial charge >= 0.3 is 0 Å². The molecule has 1 aliphatic carbocycles. The fourth-order valence-corrected chi connectivity index (χ4v) is 4.04. The Balaban J connectivity index is 1.83. The summed E-state index contributed by atoms with van der Waals surface area (Å²) in [5.41, 5.74) is -1.09. The molecule has 5 atom stereocenters. The van der Waals surface area contributed by atoms with Crippen LogP contribution >= 0.6 is 0 Å². The van der Waals surface area contributed by atoms with E-state index in [1.165, 1.54) is 6.42 Å². The quantitative estimate of drug-likeness (QED) is 0.776. The third kappa shape index (κ3) is 2.97. The van der Waals surface area contributed by atoms with Crippen LogP contribution in [0.1, 0.15) is 51.9 Å². The maximum atomic E-state index is 10.9. The van der Waals surface area contributed by atoms with Crippen molar-refractivity contribution in [2.75, 3.05) is 6.61 Å². The minimum atomic E-state index is -1.09. The largest absolute Gasteiger partial charge is 0.393 e. The summed E-state index contributed by atoms with van der Waals surface area (Å²) in [5.74, 6) is -0.576. The van der Waals surface area contributed by atoms with Gasteiger partial charge in [-0.3, -0.25) is 0 Å². The van der Waals surface area contributed by atoms with Crippen LogP contribution in [-0.4, -0.2) is 52.6 Å². The lowest BCUT2D eigenvalue weighted by Gasteiger charge is -2.43. The summed E-state index contributed by atoms with van der Waals surface area (Å²) < 4.78 is 18.4. The average Bonchev–Trinajstić information content (AvgIpc) is 2.84. The van der Waals surface area contributed by atoms with Gasteiger partial charge in [-0.05, 0) is 26.2 Å². The van der Waals surface area contributed by atoms with Crippen molar-refractivity contribution in [1.82, 2.24) is 0 Å². The molecule has 0 bridgehead atoms. The van der Waals surface area contributed by atoms with E-state index in [2.05, 4.69) is 6.58 Å². The molecule has 3 aliphatic rings. The lowest BCUT2D eigenvalue weighted by Crippen LogP contribution is -2.60. The molecule has 2 heterocycles. The van der Waals surface area contributed by atoms with E-state index >= 15 is 0 Å². The predicted molar refractivity (Wildman–Crippen MR) is 81.4 cm³/mol. The number of hydrogen-bond donors (Lipinski definition) is 2. The van der Waals surface area contributed by atoms with E-state index in [9.17, 15) is 10.2 Å². The Morgan fingerprint density at radius 3 is 2.64 bits per heavy atom. The van der Waals surface area contributed by atoms with Crippen molar-refractivity contribution in [2.24, 2.45) is 0 Å². The first kappa shape index (κ1) is 16.4. The van der Waals surface area contributed by atoms with Gasteiger partial charge in [0.1, 0.15) is 17.8 Å². The van der Waals surface area contributed by atoms with Crippen molar-refractivity contribution in [3.05, 3.63) is 12.7 Å². The second-order valence-electron chi connectivity index (χ2n) is 7.12. The van der Waals surface area contributed by atoms with Gasteiger partial charge in [-0.15, -0.1) is 6.58 Å². The maximum Gasteiger partial charge on any atom is 0.169 e. The molecule has 1 saturated carbocycles. The first-order valence-electron chi connectivity index (χ1n) is 8.47. The standard InChI is InChI=1S/C17H28O5/c1-3-7-16(19)11-20-13(10-12(2)18)14-15(16)22-17(21-14)8-5-4-6-9-17/h3,12-15,18-19H,1,4-11H2,2H3/t12?,13-,14-,15-,16+/m0/s1. The molecule has 3 fully saturated rings. The summed E-state index contributed by atoms with van der Waals surface area (Å²) in [4.78, 5) is 0. The second kappa shape index (κ2) is 6.21. The zero-order chi connectivity index (χ0) is 15.8.